The Morgan fingerprint density at radius 3 is 2.76 bits per heavy atom. The summed E-state index contributed by atoms with van der Waals surface area (Å²) in [4.78, 5) is 19.6. The van der Waals surface area contributed by atoms with Crippen molar-refractivity contribution in [2.75, 3.05) is 12.3 Å². The summed E-state index contributed by atoms with van der Waals surface area (Å²) in [6.45, 7) is 2.92. The minimum atomic E-state index is -0.167. The van der Waals surface area contributed by atoms with Gasteiger partial charge in [-0.3, -0.25) is 4.79 Å². The van der Waals surface area contributed by atoms with Crippen molar-refractivity contribution in [1.82, 2.24) is 15.3 Å². The zero-order valence-electron chi connectivity index (χ0n) is 10.1. The summed E-state index contributed by atoms with van der Waals surface area (Å²) in [7, 11) is 0. The second-order valence-electron chi connectivity index (χ2n) is 4.76. The van der Waals surface area contributed by atoms with Crippen molar-refractivity contribution in [3.05, 3.63) is 18.1 Å². The maximum Gasteiger partial charge on any atom is 0.271 e. The van der Waals surface area contributed by atoms with Crippen molar-refractivity contribution in [1.29, 1.82) is 0 Å². The summed E-state index contributed by atoms with van der Waals surface area (Å²) in [5, 5.41) is 2.92. The quantitative estimate of drug-likeness (QED) is 0.806. The van der Waals surface area contributed by atoms with Gasteiger partial charge in [0.2, 0.25) is 0 Å². The van der Waals surface area contributed by atoms with Crippen molar-refractivity contribution in [3.8, 4) is 0 Å². The van der Waals surface area contributed by atoms with Crippen LogP contribution in [0.5, 0.6) is 0 Å². The third kappa shape index (κ3) is 2.93. The average molecular weight is 234 g/mol. The molecule has 0 spiro atoms. The van der Waals surface area contributed by atoms with Gasteiger partial charge in [0.1, 0.15) is 11.5 Å². The van der Waals surface area contributed by atoms with Gasteiger partial charge in [0.05, 0.1) is 12.4 Å². The van der Waals surface area contributed by atoms with E-state index in [0.29, 0.717) is 16.9 Å². The van der Waals surface area contributed by atoms with E-state index in [1.807, 2.05) is 0 Å². The molecule has 1 amide bonds. The molecule has 2 rings (SSSR count). The van der Waals surface area contributed by atoms with E-state index in [4.69, 9.17) is 5.73 Å². The third-order valence-corrected chi connectivity index (χ3v) is 3.27. The molecular formula is C12H18N4O. The van der Waals surface area contributed by atoms with Crippen LogP contribution in [-0.4, -0.2) is 22.4 Å². The second-order valence-corrected chi connectivity index (χ2v) is 4.76. The molecule has 0 radical (unpaired) electrons. The van der Waals surface area contributed by atoms with Crippen LogP contribution in [0.25, 0.3) is 0 Å². The van der Waals surface area contributed by atoms with E-state index in [1.165, 1.54) is 31.7 Å². The average Bonchev–Trinajstić information content (AvgIpc) is 3.08. The summed E-state index contributed by atoms with van der Waals surface area (Å²) in [5.74, 6) is 0.158. The van der Waals surface area contributed by atoms with Crippen LogP contribution < -0.4 is 11.1 Å². The number of hydrogen-bond donors (Lipinski definition) is 2. The normalized spacial score (nSPS) is 16.5. The standard InChI is InChI=1S/C12H18N4O/c1-2-3-12(4-5-12)8-16-11(17)9-6-15-10(13)7-14-9/h6-7H,2-5,8H2,1H3,(H2,13,15)(H,16,17). The lowest BCUT2D eigenvalue weighted by molar-refractivity contribution is 0.0938. The Balaban J connectivity index is 1.87. The number of nitrogens with zero attached hydrogens (tertiary/aromatic N) is 2. The Morgan fingerprint density at radius 2 is 2.24 bits per heavy atom. The van der Waals surface area contributed by atoms with Gasteiger partial charge in [-0.2, -0.15) is 0 Å². The van der Waals surface area contributed by atoms with E-state index in [9.17, 15) is 4.79 Å². The zero-order valence-corrected chi connectivity index (χ0v) is 10.1. The molecule has 1 heterocycles. The first-order chi connectivity index (χ1) is 8.15. The monoisotopic (exact) mass is 234 g/mol. The highest BCUT2D eigenvalue weighted by atomic mass is 16.1. The van der Waals surface area contributed by atoms with Crippen molar-refractivity contribution < 1.29 is 4.79 Å². The Kier molecular flexibility index (Phi) is 3.26. The lowest BCUT2D eigenvalue weighted by Crippen LogP contribution is -2.30. The fraction of sp³-hybridized carbons (Fsp3) is 0.583. The summed E-state index contributed by atoms with van der Waals surface area (Å²) < 4.78 is 0. The lowest BCUT2D eigenvalue weighted by atomic mass is 10.0. The third-order valence-electron chi connectivity index (χ3n) is 3.27. The molecule has 17 heavy (non-hydrogen) atoms. The maximum atomic E-state index is 11.8. The first-order valence-corrected chi connectivity index (χ1v) is 6.01. The molecule has 0 saturated heterocycles. The number of carbonyl (C=O) groups is 1. The highest BCUT2D eigenvalue weighted by Gasteiger charge is 2.41. The first-order valence-electron chi connectivity index (χ1n) is 6.01. The van der Waals surface area contributed by atoms with Gasteiger partial charge in [0.15, 0.2) is 0 Å². The van der Waals surface area contributed by atoms with Gasteiger partial charge in [-0.05, 0) is 24.7 Å². The number of nitrogens with two attached hydrogens (primary N) is 1. The second kappa shape index (κ2) is 4.69. The molecule has 1 saturated carbocycles. The number of nitrogens with one attached hydrogen (secondary N) is 1. The zero-order chi connectivity index (χ0) is 12.3. The smallest absolute Gasteiger partial charge is 0.271 e. The predicted molar refractivity (Wildman–Crippen MR) is 65.4 cm³/mol. The van der Waals surface area contributed by atoms with E-state index >= 15 is 0 Å². The number of carbonyl (C=O) groups excluding carboxylic acids is 1. The van der Waals surface area contributed by atoms with Crippen molar-refractivity contribution in [3.63, 3.8) is 0 Å². The largest absolute Gasteiger partial charge is 0.382 e. The number of aromatic nitrogens is 2. The Morgan fingerprint density at radius 1 is 1.47 bits per heavy atom. The minimum absolute atomic E-state index is 0.167. The van der Waals surface area contributed by atoms with Crippen LogP contribution in [0.1, 0.15) is 43.1 Å². The molecule has 5 nitrogen and oxygen atoms in total. The predicted octanol–water partition coefficient (Wildman–Crippen LogP) is 1.37. The lowest BCUT2D eigenvalue weighted by Gasteiger charge is -2.14. The number of rotatable bonds is 5. The van der Waals surface area contributed by atoms with Gasteiger partial charge in [-0.25, -0.2) is 9.97 Å². The first kappa shape index (κ1) is 11.8. The van der Waals surface area contributed by atoms with Crippen molar-refractivity contribution in [2.24, 2.45) is 5.41 Å². The molecule has 0 atom stereocenters. The molecule has 0 bridgehead atoms. The van der Waals surface area contributed by atoms with Crippen molar-refractivity contribution >= 4 is 11.7 Å². The van der Waals surface area contributed by atoms with E-state index in [2.05, 4.69) is 22.2 Å². The van der Waals surface area contributed by atoms with Crippen LogP contribution in [0.2, 0.25) is 0 Å². The fourth-order valence-corrected chi connectivity index (χ4v) is 2.04. The van der Waals surface area contributed by atoms with Crippen LogP contribution in [-0.2, 0) is 0 Å². The van der Waals surface area contributed by atoms with E-state index in [0.717, 1.165) is 13.0 Å². The summed E-state index contributed by atoms with van der Waals surface area (Å²) in [6, 6.07) is 0. The van der Waals surface area contributed by atoms with Gasteiger partial charge in [0.25, 0.3) is 5.91 Å². The van der Waals surface area contributed by atoms with Gasteiger partial charge in [-0.1, -0.05) is 13.3 Å². The molecule has 1 aliphatic carbocycles. The van der Waals surface area contributed by atoms with Gasteiger partial charge < -0.3 is 11.1 Å². The van der Waals surface area contributed by atoms with Crippen LogP contribution in [0.4, 0.5) is 5.82 Å². The van der Waals surface area contributed by atoms with Crippen LogP contribution in [0.15, 0.2) is 12.4 Å². The fourth-order valence-electron chi connectivity index (χ4n) is 2.04. The minimum Gasteiger partial charge on any atom is -0.382 e. The van der Waals surface area contributed by atoms with E-state index in [-0.39, 0.29) is 5.91 Å². The molecule has 0 unspecified atom stereocenters. The van der Waals surface area contributed by atoms with Crippen LogP contribution in [0.3, 0.4) is 0 Å². The van der Waals surface area contributed by atoms with E-state index < -0.39 is 0 Å². The molecule has 1 aromatic heterocycles. The molecule has 1 fully saturated rings. The molecule has 92 valence electrons. The van der Waals surface area contributed by atoms with Gasteiger partial charge >= 0.3 is 0 Å². The number of nitrogen functional groups attached to an aromatic ring is 1. The number of amides is 1. The number of hydrogen-bond acceptors (Lipinski definition) is 4. The SMILES string of the molecule is CCCC1(CNC(=O)c2cnc(N)cn2)CC1. The van der Waals surface area contributed by atoms with Crippen molar-refractivity contribution in [2.45, 2.75) is 32.6 Å². The Labute approximate surface area is 101 Å². The number of anilines is 1. The van der Waals surface area contributed by atoms with Crippen LogP contribution in [0, 0.1) is 5.41 Å². The summed E-state index contributed by atoms with van der Waals surface area (Å²) in [5.41, 5.74) is 6.09. The molecule has 3 N–H and O–H groups in total. The Bertz CT molecular complexity index is 397. The summed E-state index contributed by atoms with van der Waals surface area (Å²) >= 11 is 0. The highest BCUT2D eigenvalue weighted by Crippen LogP contribution is 2.48. The molecular weight excluding hydrogens is 216 g/mol. The molecule has 0 aromatic carbocycles. The van der Waals surface area contributed by atoms with Crippen LogP contribution >= 0.6 is 0 Å². The highest BCUT2D eigenvalue weighted by molar-refractivity contribution is 5.92. The van der Waals surface area contributed by atoms with Gasteiger partial charge in [-0.15, -0.1) is 0 Å². The van der Waals surface area contributed by atoms with E-state index in [1.54, 1.807) is 0 Å². The topological polar surface area (TPSA) is 80.9 Å². The molecule has 5 heteroatoms. The molecule has 0 aliphatic heterocycles. The Hall–Kier alpha value is -1.65. The maximum absolute atomic E-state index is 11.8. The molecule has 1 aromatic rings. The molecule has 1 aliphatic rings. The summed E-state index contributed by atoms with van der Waals surface area (Å²) in [6.07, 6.45) is 7.58. The van der Waals surface area contributed by atoms with Gasteiger partial charge in [0, 0.05) is 6.54 Å².